The molecule has 59 heavy (non-hydrogen) atoms. The van der Waals surface area contributed by atoms with Crippen LogP contribution in [-0.4, -0.2) is 65.7 Å². The molecule has 340 valence electrons. The molecule has 10 nitrogen and oxygen atoms in total. The number of aliphatic hydroxyl groups excluding tert-OH is 2. The van der Waals surface area contributed by atoms with E-state index in [-0.39, 0.29) is 19.4 Å². The van der Waals surface area contributed by atoms with E-state index in [1.54, 1.807) is 0 Å². The molecule has 0 aliphatic carbocycles. The average molecular weight is 851 g/mol. The second-order valence-corrected chi connectivity index (χ2v) is 16.5. The van der Waals surface area contributed by atoms with Gasteiger partial charge in [0.1, 0.15) is 12.7 Å². The Hall–Kier alpha value is -2.59. The molecule has 0 aromatic heterocycles. The summed E-state index contributed by atoms with van der Waals surface area (Å²) in [5.41, 5.74) is 0. The van der Waals surface area contributed by atoms with Crippen LogP contribution in [0.3, 0.4) is 0 Å². The van der Waals surface area contributed by atoms with Crippen molar-refractivity contribution in [3.8, 4) is 0 Å². The average Bonchev–Trinajstić information content (AvgIpc) is 3.22. The monoisotopic (exact) mass is 851 g/mol. The van der Waals surface area contributed by atoms with Gasteiger partial charge in [0.2, 0.25) is 0 Å². The van der Waals surface area contributed by atoms with Gasteiger partial charge in [0, 0.05) is 12.8 Å². The van der Waals surface area contributed by atoms with Crippen LogP contribution in [0.5, 0.6) is 0 Å². The van der Waals surface area contributed by atoms with Crippen LogP contribution >= 0.6 is 7.82 Å². The first-order chi connectivity index (χ1) is 28.7. The number of esters is 2. The minimum atomic E-state index is -4.63. The second-order valence-electron chi connectivity index (χ2n) is 15.1. The summed E-state index contributed by atoms with van der Waals surface area (Å²) in [6.07, 6.45) is 50.0. The zero-order valence-electron chi connectivity index (χ0n) is 36.9. The van der Waals surface area contributed by atoms with Crippen LogP contribution in [0.1, 0.15) is 181 Å². The Morgan fingerprint density at radius 1 is 0.508 bits per heavy atom. The van der Waals surface area contributed by atoms with E-state index >= 15 is 0 Å². The number of carbonyl (C=O) groups is 2. The lowest BCUT2D eigenvalue weighted by molar-refractivity contribution is -0.161. The molecular formula is C48H83O10P. The fourth-order valence-electron chi connectivity index (χ4n) is 5.78. The maximum atomic E-state index is 12.6. The SMILES string of the molecule is CCC/C=C/C/C=C/C/C=C/C/C=C/CCCCCC(=O)OC[C@H](COP(=O)(O)OC[C@@H](O)CO)OC(=O)CCCCCCCCCCC/C=C/C/C=C/CCCCC. The van der Waals surface area contributed by atoms with Crippen LogP contribution in [0, 0.1) is 0 Å². The van der Waals surface area contributed by atoms with E-state index in [0.717, 1.165) is 77.0 Å². The smallest absolute Gasteiger partial charge is 0.462 e. The first kappa shape index (κ1) is 56.4. The third kappa shape index (κ3) is 43.3. The summed E-state index contributed by atoms with van der Waals surface area (Å²) in [5.74, 6) is -0.970. The molecule has 0 heterocycles. The molecule has 0 aromatic carbocycles. The van der Waals surface area contributed by atoms with Gasteiger partial charge in [-0.05, 0) is 83.5 Å². The number of hydrogen-bond acceptors (Lipinski definition) is 9. The van der Waals surface area contributed by atoms with Gasteiger partial charge in [0.05, 0.1) is 19.8 Å². The first-order valence-electron chi connectivity index (χ1n) is 22.9. The standard InChI is InChI=1S/C48H83O10P/c1-3-5-7-9-11-13-15-17-19-21-22-24-26-28-30-32-34-36-38-40-48(52)58-46(44-57-59(53,54)56-42-45(50)41-49)43-55-47(51)39-37-35-33-31-29-27-25-23-20-18-16-14-12-10-8-6-4-2/h8,10-11,13-14,16-17,19-20,23,27,29,45-46,49-50H,3-7,9,12,15,18,21-22,24-26,28,30-44H2,1-2H3,(H,53,54)/b10-8+,13-11+,16-14+,19-17+,23-20+,29-27+/t45-,46+/m0/s1. The third-order valence-electron chi connectivity index (χ3n) is 9.31. The highest BCUT2D eigenvalue weighted by Crippen LogP contribution is 2.43. The van der Waals surface area contributed by atoms with Gasteiger partial charge in [-0.3, -0.25) is 18.6 Å². The van der Waals surface area contributed by atoms with Crippen LogP contribution in [-0.2, 0) is 32.7 Å². The summed E-state index contributed by atoms with van der Waals surface area (Å²) in [4.78, 5) is 35.1. The molecule has 0 aliphatic heterocycles. The number of rotatable bonds is 42. The Balaban J connectivity index is 4.33. The molecule has 11 heteroatoms. The van der Waals surface area contributed by atoms with Crippen molar-refractivity contribution < 1.29 is 47.8 Å². The molecule has 0 amide bonds. The van der Waals surface area contributed by atoms with Crippen molar-refractivity contribution in [2.75, 3.05) is 26.4 Å². The van der Waals surface area contributed by atoms with E-state index in [1.165, 1.54) is 64.2 Å². The van der Waals surface area contributed by atoms with Gasteiger partial charge in [0.25, 0.3) is 0 Å². The Kier molecular flexibility index (Phi) is 41.6. The molecule has 0 bridgehead atoms. The maximum Gasteiger partial charge on any atom is 0.472 e. The highest BCUT2D eigenvalue weighted by atomic mass is 31.2. The molecule has 0 fully saturated rings. The Labute approximate surface area is 358 Å². The van der Waals surface area contributed by atoms with Crippen molar-refractivity contribution in [3.05, 3.63) is 72.9 Å². The highest BCUT2D eigenvalue weighted by Gasteiger charge is 2.27. The molecule has 3 N–H and O–H groups in total. The summed E-state index contributed by atoms with van der Waals surface area (Å²) >= 11 is 0. The number of phosphoric acid groups is 1. The van der Waals surface area contributed by atoms with Crippen molar-refractivity contribution in [2.24, 2.45) is 0 Å². The van der Waals surface area contributed by atoms with E-state index in [4.69, 9.17) is 23.6 Å². The Bertz CT molecular complexity index is 1210. The number of aliphatic hydroxyl groups is 2. The molecule has 0 rings (SSSR count). The number of unbranched alkanes of at least 4 members (excludes halogenated alkanes) is 16. The zero-order chi connectivity index (χ0) is 43.3. The molecule has 0 spiro atoms. The quantitative estimate of drug-likeness (QED) is 0.0234. The van der Waals surface area contributed by atoms with Gasteiger partial charge in [-0.25, -0.2) is 4.57 Å². The highest BCUT2D eigenvalue weighted by molar-refractivity contribution is 7.47. The first-order valence-corrected chi connectivity index (χ1v) is 24.4. The summed E-state index contributed by atoms with van der Waals surface area (Å²) < 4.78 is 32.7. The summed E-state index contributed by atoms with van der Waals surface area (Å²) in [5, 5.41) is 18.4. The fourth-order valence-corrected chi connectivity index (χ4v) is 6.57. The molecular weight excluding hydrogens is 767 g/mol. The van der Waals surface area contributed by atoms with Crippen molar-refractivity contribution in [1.82, 2.24) is 0 Å². The molecule has 0 saturated heterocycles. The van der Waals surface area contributed by atoms with Crippen LogP contribution in [0.15, 0.2) is 72.9 Å². The molecule has 0 aliphatic rings. The number of ether oxygens (including phenoxy) is 2. The topological polar surface area (TPSA) is 149 Å². The van der Waals surface area contributed by atoms with Crippen molar-refractivity contribution >= 4 is 19.8 Å². The van der Waals surface area contributed by atoms with Crippen LogP contribution < -0.4 is 0 Å². The molecule has 0 radical (unpaired) electrons. The lowest BCUT2D eigenvalue weighted by Gasteiger charge is -2.20. The van der Waals surface area contributed by atoms with Crippen molar-refractivity contribution in [2.45, 2.75) is 193 Å². The Morgan fingerprint density at radius 3 is 1.41 bits per heavy atom. The third-order valence-corrected chi connectivity index (χ3v) is 10.3. The van der Waals surface area contributed by atoms with Gasteiger partial charge >= 0.3 is 19.8 Å². The van der Waals surface area contributed by atoms with E-state index in [9.17, 15) is 24.2 Å². The number of carbonyl (C=O) groups excluding carboxylic acids is 2. The molecule has 0 aromatic rings. The summed E-state index contributed by atoms with van der Waals surface area (Å²) in [7, 11) is -4.63. The normalized spacial score (nSPS) is 14.5. The van der Waals surface area contributed by atoms with Gasteiger partial charge in [-0.15, -0.1) is 0 Å². The molecule has 0 saturated carbocycles. The van der Waals surface area contributed by atoms with Crippen LogP contribution in [0.2, 0.25) is 0 Å². The largest absolute Gasteiger partial charge is 0.472 e. The number of phosphoric ester groups is 1. The van der Waals surface area contributed by atoms with Crippen molar-refractivity contribution in [1.29, 1.82) is 0 Å². The predicted molar refractivity (Wildman–Crippen MR) is 242 cm³/mol. The summed E-state index contributed by atoms with van der Waals surface area (Å²) in [6, 6.07) is 0. The second kappa shape index (κ2) is 43.5. The van der Waals surface area contributed by atoms with Crippen LogP contribution in [0.4, 0.5) is 0 Å². The molecule has 3 atom stereocenters. The van der Waals surface area contributed by atoms with Gasteiger partial charge in [-0.2, -0.15) is 0 Å². The lowest BCUT2D eigenvalue weighted by Crippen LogP contribution is -2.29. The minimum Gasteiger partial charge on any atom is -0.462 e. The number of hydrogen-bond donors (Lipinski definition) is 3. The van der Waals surface area contributed by atoms with E-state index < -0.39 is 51.8 Å². The van der Waals surface area contributed by atoms with E-state index in [1.807, 2.05) is 0 Å². The maximum absolute atomic E-state index is 12.6. The lowest BCUT2D eigenvalue weighted by atomic mass is 10.1. The minimum absolute atomic E-state index is 0.169. The van der Waals surface area contributed by atoms with Gasteiger partial charge in [0.15, 0.2) is 6.10 Å². The van der Waals surface area contributed by atoms with E-state index in [0.29, 0.717) is 12.8 Å². The predicted octanol–water partition coefficient (Wildman–Crippen LogP) is 12.4. The van der Waals surface area contributed by atoms with Gasteiger partial charge in [-0.1, -0.05) is 157 Å². The van der Waals surface area contributed by atoms with Gasteiger partial charge < -0.3 is 24.6 Å². The summed E-state index contributed by atoms with van der Waals surface area (Å²) in [6.45, 7) is 2.24. The fraction of sp³-hybridized carbons (Fsp3) is 0.708. The Morgan fingerprint density at radius 2 is 0.915 bits per heavy atom. The van der Waals surface area contributed by atoms with Crippen LogP contribution in [0.25, 0.3) is 0 Å². The zero-order valence-corrected chi connectivity index (χ0v) is 37.8. The van der Waals surface area contributed by atoms with E-state index in [2.05, 4.69) is 86.8 Å². The molecule has 1 unspecified atom stereocenters. The van der Waals surface area contributed by atoms with Crippen molar-refractivity contribution in [3.63, 3.8) is 0 Å². The number of allylic oxidation sites excluding steroid dienone is 12.